The van der Waals surface area contributed by atoms with Crippen LogP contribution in [0.4, 0.5) is 0 Å². The van der Waals surface area contributed by atoms with Crippen LogP contribution in [0.1, 0.15) is 40.5 Å². The molecule has 1 amide bonds. The van der Waals surface area contributed by atoms with Gasteiger partial charge in [-0.2, -0.15) is 0 Å². The molecule has 7 nitrogen and oxygen atoms in total. The number of nitrogens with zero attached hydrogens (tertiary/aromatic N) is 4. The summed E-state index contributed by atoms with van der Waals surface area (Å²) in [5, 5.41) is 11.5. The van der Waals surface area contributed by atoms with Gasteiger partial charge >= 0.3 is 0 Å². The molecule has 1 saturated heterocycles. The lowest BCUT2D eigenvalue weighted by molar-refractivity contribution is 0.0506. The predicted molar refractivity (Wildman–Crippen MR) is 123 cm³/mol. The first-order valence-electron chi connectivity index (χ1n) is 11.2. The van der Waals surface area contributed by atoms with Crippen LogP contribution < -0.4 is 4.74 Å². The van der Waals surface area contributed by atoms with Crippen molar-refractivity contribution in [3.63, 3.8) is 0 Å². The van der Waals surface area contributed by atoms with Crippen LogP contribution >= 0.6 is 0 Å². The number of rotatable bonds is 3. The molecule has 2 aliphatic rings. The SMILES string of the molecule is COc1ccc2c3c(n(C)c2c1)[C@H](CO)N(C)CC31CCN(C(=O)c2cccnc2)CC1. The maximum absolute atomic E-state index is 13.0. The highest BCUT2D eigenvalue weighted by molar-refractivity contribution is 5.94. The highest BCUT2D eigenvalue weighted by Crippen LogP contribution is 2.49. The Kier molecular flexibility index (Phi) is 5.18. The van der Waals surface area contributed by atoms with Crippen molar-refractivity contribution in [3.05, 3.63) is 59.5 Å². The summed E-state index contributed by atoms with van der Waals surface area (Å²) in [6.07, 6.45) is 5.11. The Morgan fingerprint density at radius 1 is 1.25 bits per heavy atom. The van der Waals surface area contributed by atoms with E-state index in [1.165, 1.54) is 16.6 Å². The third kappa shape index (κ3) is 3.11. The fourth-order valence-corrected chi connectivity index (χ4v) is 5.83. The summed E-state index contributed by atoms with van der Waals surface area (Å²) in [5.41, 5.74) is 4.22. The number of pyridine rings is 1. The Balaban J connectivity index is 1.55. The number of benzene rings is 1. The van der Waals surface area contributed by atoms with E-state index in [4.69, 9.17) is 4.74 Å². The summed E-state index contributed by atoms with van der Waals surface area (Å²) in [5.74, 6) is 0.878. The number of carbonyl (C=O) groups excluding carboxylic acids is 1. The molecule has 1 spiro atoms. The van der Waals surface area contributed by atoms with Gasteiger partial charge in [0.25, 0.3) is 5.91 Å². The number of likely N-dealkylation sites (tertiary alicyclic amines) is 1. The molecule has 2 aromatic heterocycles. The number of piperidine rings is 1. The van der Waals surface area contributed by atoms with Gasteiger partial charge in [-0.25, -0.2) is 0 Å². The molecule has 168 valence electrons. The number of aliphatic hydroxyl groups is 1. The molecule has 1 N–H and O–H groups in total. The van der Waals surface area contributed by atoms with Crippen molar-refractivity contribution in [3.8, 4) is 5.75 Å². The summed E-state index contributed by atoms with van der Waals surface area (Å²) >= 11 is 0. The summed E-state index contributed by atoms with van der Waals surface area (Å²) in [6.45, 7) is 2.35. The lowest BCUT2D eigenvalue weighted by Crippen LogP contribution is -2.53. The molecule has 0 unspecified atom stereocenters. The number of aliphatic hydroxyl groups excluding tert-OH is 1. The number of carbonyl (C=O) groups is 1. The van der Waals surface area contributed by atoms with Gasteiger partial charge in [-0.3, -0.25) is 14.7 Å². The van der Waals surface area contributed by atoms with Crippen molar-refractivity contribution < 1.29 is 14.6 Å². The van der Waals surface area contributed by atoms with Crippen LogP contribution in [0.2, 0.25) is 0 Å². The first-order valence-corrected chi connectivity index (χ1v) is 11.2. The molecule has 32 heavy (non-hydrogen) atoms. The molecular formula is C25H30N4O3. The fourth-order valence-electron chi connectivity index (χ4n) is 5.83. The fraction of sp³-hybridized carbons (Fsp3) is 0.440. The van der Waals surface area contributed by atoms with E-state index in [2.05, 4.69) is 40.7 Å². The molecule has 1 atom stereocenters. The zero-order valence-electron chi connectivity index (χ0n) is 18.9. The average Bonchev–Trinajstić information content (AvgIpc) is 3.12. The highest BCUT2D eigenvalue weighted by atomic mass is 16.5. The number of amides is 1. The average molecular weight is 435 g/mol. The smallest absolute Gasteiger partial charge is 0.255 e. The number of hydrogen-bond acceptors (Lipinski definition) is 5. The van der Waals surface area contributed by atoms with Gasteiger partial charge in [-0.05, 0) is 49.7 Å². The largest absolute Gasteiger partial charge is 0.497 e. The van der Waals surface area contributed by atoms with E-state index in [0.717, 1.165) is 30.7 Å². The minimum Gasteiger partial charge on any atom is -0.497 e. The van der Waals surface area contributed by atoms with Crippen LogP contribution in [-0.4, -0.2) is 70.8 Å². The number of fused-ring (bicyclic) bond motifs is 4. The van der Waals surface area contributed by atoms with Crippen LogP contribution in [0, 0.1) is 0 Å². The summed E-state index contributed by atoms with van der Waals surface area (Å²) in [7, 11) is 5.86. The predicted octanol–water partition coefficient (Wildman–Crippen LogP) is 2.73. The van der Waals surface area contributed by atoms with Crippen molar-refractivity contribution in [2.75, 3.05) is 40.4 Å². The van der Waals surface area contributed by atoms with Crippen molar-refractivity contribution in [1.29, 1.82) is 0 Å². The van der Waals surface area contributed by atoms with E-state index in [1.807, 2.05) is 17.0 Å². The molecule has 0 radical (unpaired) electrons. The van der Waals surface area contributed by atoms with Gasteiger partial charge in [0.05, 0.1) is 30.8 Å². The Morgan fingerprint density at radius 3 is 2.69 bits per heavy atom. The topological polar surface area (TPSA) is 70.8 Å². The second-order valence-electron chi connectivity index (χ2n) is 9.13. The first-order chi connectivity index (χ1) is 15.5. The van der Waals surface area contributed by atoms with Crippen molar-refractivity contribution >= 4 is 16.8 Å². The van der Waals surface area contributed by atoms with Crippen LogP contribution in [0.5, 0.6) is 5.75 Å². The van der Waals surface area contributed by atoms with Crippen LogP contribution in [0.15, 0.2) is 42.7 Å². The second kappa shape index (κ2) is 7.90. The van der Waals surface area contributed by atoms with E-state index >= 15 is 0 Å². The highest BCUT2D eigenvalue weighted by Gasteiger charge is 2.47. The number of aromatic nitrogens is 2. The van der Waals surface area contributed by atoms with E-state index in [9.17, 15) is 9.90 Å². The number of hydrogen-bond donors (Lipinski definition) is 1. The van der Waals surface area contributed by atoms with Gasteiger partial charge in [0.15, 0.2) is 0 Å². The van der Waals surface area contributed by atoms with Gasteiger partial charge in [0.1, 0.15) is 5.75 Å². The molecule has 0 bridgehead atoms. The van der Waals surface area contributed by atoms with Gasteiger partial charge in [0, 0.05) is 61.6 Å². The Hall–Kier alpha value is -2.90. The number of aryl methyl sites for hydroxylation is 1. The molecule has 5 rings (SSSR count). The van der Waals surface area contributed by atoms with Crippen LogP contribution in [0.3, 0.4) is 0 Å². The lowest BCUT2D eigenvalue weighted by atomic mass is 9.68. The molecule has 0 aliphatic carbocycles. The summed E-state index contributed by atoms with van der Waals surface area (Å²) < 4.78 is 7.70. The minimum absolute atomic E-state index is 0.0472. The van der Waals surface area contributed by atoms with E-state index in [1.54, 1.807) is 25.6 Å². The summed E-state index contributed by atoms with van der Waals surface area (Å²) in [6, 6.07) is 9.84. The van der Waals surface area contributed by atoms with E-state index in [0.29, 0.717) is 18.7 Å². The maximum Gasteiger partial charge on any atom is 0.255 e. The van der Waals surface area contributed by atoms with Crippen molar-refractivity contribution in [1.82, 2.24) is 19.4 Å². The van der Waals surface area contributed by atoms with Gasteiger partial charge in [-0.15, -0.1) is 0 Å². The summed E-state index contributed by atoms with van der Waals surface area (Å²) in [4.78, 5) is 21.3. The third-order valence-corrected chi connectivity index (χ3v) is 7.47. The van der Waals surface area contributed by atoms with Crippen LogP contribution in [-0.2, 0) is 12.5 Å². The van der Waals surface area contributed by atoms with Crippen LogP contribution in [0.25, 0.3) is 10.9 Å². The molecule has 3 aromatic rings. The molecule has 2 aliphatic heterocycles. The zero-order chi connectivity index (χ0) is 22.5. The van der Waals surface area contributed by atoms with E-state index < -0.39 is 0 Å². The molecular weight excluding hydrogens is 404 g/mol. The van der Waals surface area contributed by atoms with Crippen molar-refractivity contribution in [2.45, 2.75) is 24.3 Å². The number of likely N-dealkylation sites (N-methyl/N-ethyl adjacent to an activating group) is 1. The number of ether oxygens (including phenoxy) is 1. The molecule has 1 fully saturated rings. The zero-order valence-corrected chi connectivity index (χ0v) is 18.9. The number of methoxy groups -OCH3 is 1. The Morgan fingerprint density at radius 2 is 2.03 bits per heavy atom. The second-order valence-corrected chi connectivity index (χ2v) is 9.13. The van der Waals surface area contributed by atoms with Gasteiger partial charge in [-0.1, -0.05) is 0 Å². The first kappa shape index (κ1) is 21.0. The monoisotopic (exact) mass is 434 g/mol. The third-order valence-electron chi connectivity index (χ3n) is 7.47. The van der Waals surface area contributed by atoms with Gasteiger partial charge in [0.2, 0.25) is 0 Å². The van der Waals surface area contributed by atoms with Gasteiger partial charge < -0.3 is 19.3 Å². The molecule has 0 saturated carbocycles. The normalized spacial score (nSPS) is 20.5. The molecule has 1 aromatic carbocycles. The molecule has 4 heterocycles. The standard InChI is InChI=1S/C25H30N4O3/c1-27-16-25(8-11-29(12-9-25)24(31)17-5-4-10-26-14-17)22-19-7-6-18(32-3)13-20(19)28(2)23(22)21(27)15-30/h4-7,10,13-14,21,30H,8-9,11-12,15-16H2,1-3H3/t21-/m0/s1. The Labute approximate surface area is 188 Å². The Bertz CT molecular complexity index is 1150. The minimum atomic E-state index is -0.0600. The quantitative estimate of drug-likeness (QED) is 0.686. The van der Waals surface area contributed by atoms with E-state index in [-0.39, 0.29) is 24.0 Å². The van der Waals surface area contributed by atoms with Crippen molar-refractivity contribution in [2.24, 2.45) is 7.05 Å². The maximum atomic E-state index is 13.0. The lowest BCUT2D eigenvalue weighted by Gasteiger charge is -2.49. The molecule has 7 heteroatoms.